The van der Waals surface area contributed by atoms with E-state index in [1.807, 2.05) is 0 Å². The number of ketones is 1. The molecule has 0 aromatic heterocycles. The van der Waals surface area contributed by atoms with Gasteiger partial charge in [0.1, 0.15) is 11.8 Å². The van der Waals surface area contributed by atoms with E-state index in [4.69, 9.17) is 16.3 Å². The topological polar surface area (TPSA) is 80.8 Å². The zero-order valence-corrected chi connectivity index (χ0v) is 13.6. The van der Waals surface area contributed by atoms with Gasteiger partial charge in [-0.1, -0.05) is 11.6 Å². The van der Waals surface area contributed by atoms with Crippen molar-refractivity contribution in [2.45, 2.75) is 30.7 Å². The fraction of sp³-hybridized carbons (Fsp3) is 0.429. The first kappa shape index (κ1) is 16.9. The molecule has 0 N–H and O–H groups in total. The molecule has 1 saturated heterocycles. The normalized spacial score (nSPS) is 19.9. The van der Waals surface area contributed by atoms with Crippen LogP contribution in [0.3, 0.4) is 0 Å². The Labute approximate surface area is 134 Å². The number of ether oxygens (including phenoxy) is 1. The highest BCUT2D eigenvalue weighted by Gasteiger charge is 2.41. The maximum absolute atomic E-state index is 12.7. The van der Waals surface area contributed by atoms with Crippen molar-refractivity contribution in [1.82, 2.24) is 4.31 Å². The number of sulfonamides is 1. The summed E-state index contributed by atoms with van der Waals surface area (Å²) in [6.45, 7) is 1.71. The molecule has 8 heteroatoms. The van der Waals surface area contributed by atoms with Crippen LogP contribution in [-0.4, -0.2) is 43.7 Å². The molecule has 0 radical (unpaired) electrons. The number of piperidine rings is 1. The molecule has 2 rings (SSSR count). The van der Waals surface area contributed by atoms with E-state index >= 15 is 0 Å². The van der Waals surface area contributed by atoms with E-state index in [0.29, 0.717) is 5.02 Å². The van der Waals surface area contributed by atoms with Crippen LogP contribution in [0.25, 0.3) is 0 Å². The first-order valence-electron chi connectivity index (χ1n) is 6.82. The van der Waals surface area contributed by atoms with Crippen molar-refractivity contribution in [3.8, 4) is 0 Å². The number of hydrogen-bond donors (Lipinski definition) is 0. The second-order valence-corrected chi connectivity index (χ2v) is 7.16. The second kappa shape index (κ2) is 6.76. The number of hydrogen-bond acceptors (Lipinski definition) is 5. The number of halogens is 1. The van der Waals surface area contributed by atoms with E-state index in [-0.39, 0.29) is 36.7 Å². The number of nitrogens with zero attached hydrogens (tertiary/aromatic N) is 1. The van der Waals surface area contributed by atoms with Crippen molar-refractivity contribution in [2.75, 3.05) is 13.2 Å². The fourth-order valence-electron chi connectivity index (χ4n) is 2.28. The van der Waals surface area contributed by atoms with E-state index < -0.39 is 22.0 Å². The third kappa shape index (κ3) is 3.48. The summed E-state index contributed by atoms with van der Waals surface area (Å²) in [6.07, 6.45) is -0.0750. The molecule has 1 aliphatic rings. The van der Waals surface area contributed by atoms with Gasteiger partial charge >= 0.3 is 5.97 Å². The van der Waals surface area contributed by atoms with Crippen LogP contribution >= 0.6 is 11.6 Å². The molecule has 0 aliphatic carbocycles. The van der Waals surface area contributed by atoms with Crippen molar-refractivity contribution in [3.63, 3.8) is 0 Å². The molecule has 0 spiro atoms. The van der Waals surface area contributed by atoms with Gasteiger partial charge in [0, 0.05) is 24.4 Å². The minimum atomic E-state index is -3.89. The van der Waals surface area contributed by atoms with Crippen LogP contribution in [0.1, 0.15) is 19.8 Å². The van der Waals surface area contributed by atoms with Gasteiger partial charge in [-0.05, 0) is 31.2 Å². The van der Waals surface area contributed by atoms with Crippen LogP contribution in [0.5, 0.6) is 0 Å². The second-order valence-electron chi connectivity index (χ2n) is 4.83. The molecule has 0 bridgehead atoms. The van der Waals surface area contributed by atoms with Crippen LogP contribution < -0.4 is 0 Å². The van der Waals surface area contributed by atoms with Gasteiger partial charge < -0.3 is 4.74 Å². The Morgan fingerprint density at radius 2 is 2.00 bits per heavy atom. The zero-order chi connectivity index (χ0) is 16.3. The first-order valence-corrected chi connectivity index (χ1v) is 8.64. The Hall–Kier alpha value is -1.44. The Kier molecular flexibility index (Phi) is 5.20. The molecular formula is C14H16ClNO5S. The lowest BCUT2D eigenvalue weighted by Gasteiger charge is -2.32. The Morgan fingerprint density at radius 1 is 1.36 bits per heavy atom. The van der Waals surface area contributed by atoms with Gasteiger partial charge in [-0.25, -0.2) is 8.42 Å². The fourth-order valence-corrected chi connectivity index (χ4v) is 3.98. The van der Waals surface area contributed by atoms with E-state index in [9.17, 15) is 18.0 Å². The van der Waals surface area contributed by atoms with Crippen molar-refractivity contribution in [2.24, 2.45) is 0 Å². The van der Waals surface area contributed by atoms with Gasteiger partial charge in [-0.15, -0.1) is 0 Å². The number of carbonyl (C=O) groups is 2. The summed E-state index contributed by atoms with van der Waals surface area (Å²) < 4.78 is 31.3. The van der Waals surface area contributed by atoms with Crippen LogP contribution in [0.15, 0.2) is 29.2 Å². The van der Waals surface area contributed by atoms with Crippen LogP contribution in [0.4, 0.5) is 0 Å². The molecule has 1 aromatic rings. The van der Waals surface area contributed by atoms with Crippen molar-refractivity contribution < 1.29 is 22.7 Å². The van der Waals surface area contributed by atoms with Gasteiger partial charge in [0.15, 0.2) is 0 Å². The Bertz CT molecular complexity index is 671. The predicted molar refractivity (Wildman–Crippen MR) is 80.0 cm³/mol. The average Bonchev–Trinajstić information content (AvgIpc) is 2.47. The minimum Gasteiger partial charge on any atom is -0.465 e. The van der Waals surface area contributed by atoms with Crippen molar-refractivity contribution >= 4 is 33.4 Å². The molecule has 1 heterocycles. The van der Waals surface area contributed by atoms with Gasteiger partial charge in [0.2, 0.25) is 10.0 Å². The van der Waals surface area contributed by atoms with Crippen molar-refractivity contribution in [3.05, 3.63) is 29.3 Å². The molecular weight excluding hydrogens is 330 g/mol. The number of benzene rings is 1. The molecule has 1 aliphatic heterocycles. The molecule has 0 saturated carbocycles. The van der Waals surface area contributed by atoms with E-state index in [0.717, 1.165) is 4.31 Å². The standard InChI is InChI=1S/C14H16ClNO5S/c1-2-21-14(18)13-9-11(17)7-8-16(13)22(19,20)12-5-3-10(15)4-6-12/h3-6,13H,2,7-9H2,1H3. The maximum atomic E-state index is 12.7. The molecule has 1 aromatic carbocycles. The highest BCUT2D eigenvalue weighted by molar-refractivity contribution is 7.89. The first-order chi connectivity index (χ1) is 10.4. The highest BCUT2D eigenvalue weighted by atomic mass is 35.5. The number of rotatable bonds is 4. The van der Waals surface area contributed by atoms with Crippen LogP contribution in [0.2, 0.25) is 5.02 Å². The lowest BCUT2D eigenvalue weighted by atomic mass is 10.0. The lowest BCUT2D eigenvalue weighted by Crippen LogP contribution is -2.50. The monoisotopic (exact) mass is 345 g/mol. The summed E-state index contributed by atoms with van der Waals surface area (Å²) in [5.41, 5.74) is 0. The average molecular weight is 346 g/mol. The summed E-state index contributed by atoms with van der Waals surface area (Å²) in [5, 5.41) is 0.412. The zero-order valence-electron chi connectivity index (χ0n) is 12.0. The maximum Gasteiger partial charge on any atom is 0.324 e. The van der Waals surface area contributed by atoms with E-state index in [1.54, 1.807) is 6.92 Å². The molecule has 6 nitrogen and oxygen atoms in total. The van der Waals surface area contributed by atoms with Gasteiger partial charge in [0.25, 0.3) is 0 Å². The third-order valence-electron chi connectivity index (χ3n) is 3.36. The molecule has 1 fully saturated rings. The molecule has 120 valence electrons. The third-order valence-corrected chi connectivity index (χ3v) is 5.53. The van der Waals surface area contributed by atoms with E-state index in [2.05, 4.69) is 0 Å². The van der Waals surface area contributed by atoms with Gasteiger partial charge in [-0.3, -0.25) is 9.59 Å². The Morgan fingerprint density at radius 3 is 2.59 bits per heavy atom. The summed E-state index contributed by atoms with van der Waals surface area (Å²) in [6, 6.07) is 4.56. The quantitative estimate of drug-likeness (QED) is 0.775. The summed E-state index contributed by atoms with van der Waals surface area (Å²) >= 11 is 5.76. The van der Waals surface area contributed by atoms with Crippen molar-refractivity contribution in [1.29, 1.82) is 0 Å². The number of carbonyl (C=O) groups excluding carboxylic acids is 2. The van der Waals surface area contributed by atoms with Gasteiger partial charge in [-0.2, -0.15) is 4.31 Å². The van der Waals surface area contributed by atoms with E-state index in [1.165, 1.54) is 24.3 Å². The molecule has 1 unspecified atom stereocenters. The van der Waals surface area contributed by atoms with Crippen LogP contribution in [-0.2, 0) is 24.3 Å². The molecule has 22 heavy (non-hydrogen) atoms. The summed E-state index contributed by atoms with van der Waals surface area (Å²) in [7, 11) is -3.89. The molecule has 0 amide bonds. The Balaban J connectivity index is 2.35. The summed E-state index contributed by atoms with van der Waals surface area (Å²) in [4.78, 5) is 23.6. The molecule has 1 atom stereocenters. The number of esters is 1. The lowest BCUT2D eigenvalue weighted by molar-refractivity contribution is -0.150. The number of Topliss-reactive ketones (excluding diaryl/α,β-unsaturated/α-hetero) is 1. The SMILES string of the molecule is CCOC(=O)C1CC(=O)CCN1S(=O)(=O)c1ccc(Cl)cc1. The smallest absolute Gasteiger partial charge is 0.324 e. The summed E-state index contributed by atoms with van der Waals surface area (Å²) in [5.74, 6) is -0.853. The van der Waals surface area contributed by atoms with Crippen LogP contribution in [0, 0.1) is 0 Å². The largest absolute Gasteiger partial charge is 0.465 e. The predicted octanol–water partition coefficient (Wildman–Crippen LogP) is 1.63. The highest BCUT2D eigenvalue weighted by Crippen LogP contribution is 2.25. The van der Waals surface area contributed by atoms with Gasteiger partial charge in [0.05, 0.1) is 11.5 Å². The minimum absolute atomic E-state index is 0.0283.